The Morgan fingerprint density at radius 2 is 1.83 bits per heavy atom. The number of carbonyl (C=O) groups excluding carboxylic acids is 1. The molecule has 35 heavy (non-hydrogen) atoms. The third-order valence-electron chi connectivity index (χ3n) is 6.08. The largest absolute Gasteiger partial charge is 0.494 e. The number of para-hydroxylation sites is 1. The van der Waals surface area contributed by atoms with Gasteiger partial charge in [-0.3, -0.25) is 4.57 Å². The van der Waals surface area contributed by atoms with Gasteiger partial charge in [0, 0.05) is 26.2 Å². The average Bonchev–Trinajstić information content (AvgIpc) is 3.50. The van der Waals surface area contributed by atoms with E-state index >= 15 is 0 Å². The summed E-state index contributed by atoms with van der Waals surface area (Å²) in [4.78, 5) is 15.7. The SMILES string of the molecule is COc1cccc(OC)c1-n1c(CS(=O)(=O)CCN2C(=O)N(C)CC[C@H]2C)nnc1-c1ccco1. The Bertz CT molecular complexity index is 1270. The van der Waals surface area contributed by atoms with Gasteiger partial charge in [-0.2, -0.15) is 0 Å². The van der Waals surface area contributed by atoms with E-state index in [9.17, 15) is 13.2 Å². The molecule has 1 aromatic carbocycles. The van der Waals surface area contributed by atoms with Crippen molar-refractivity contribution in [3.05, 3.63) is 42.4 Å². The highest BCUT2D eigenvalue weighted by molar-refractivity contribution is 7.90. The van der Waals surface area contributed by atoms with Crippen molar-refractivity contribution in [2.24, 2.45) is 0 Å². The molecule has 1 saturated heterocycles. The van der Waals surface area contributed by atoms with Gasteiger partial charge >= 0.3 is 6.03 Å². The number of urea groups is 1. The van der Waals surface area contributed by atoms with Crippen molar-refractivity contribution in [3.8, 4) is 28.8 Å². The van der Waals surface area contributed by atoms with Crippen molar-refractivity contribution in [3.63, 3.8) is 0 Å². The molecule has 0 aliphatic carbocycles. The number of methoxy groups -OCH3 is 2. The van der Waals surface area contributed by atoms with Gasteiger partial charge in [0.2, 0.25) is 5.82 Å². The minimum Gasteiger partial charge on any atom is -0.494 e. The Hall–Kier alpha value is -3.54. The lowest BCUT2D eigenvalue weighted by Gasteiger charge is -2.38. The number of hydrogen-bond donors (Lipinski definition) is 0. The predicted octanol–water partition coefficient (Wildman–Crippen LogP) is 2.61. The zero-order valence-corrected chi connectivity index (χ0v) is 21.0. The number of nitrogens with zero attached hydrogens (tertiary/aromatic N) is 5. The number of sulfone groups is 1. The average molecular weight is 504 g/mol. The first-order valence-corrected chi connectivity index (χ1v) is 13.0. The van der Waals surface area contributed by atoms with Crippen LogP contribution in [0.5, 0.6) is 11.5 Å². The third kappa shape index (κ3) is 4.97. The van der Waals surface area contributed by atoms with Crippen molar-refractivity contribution >= 4 is 15.9 Å². The van der Waals surface area contributed by atoms with Gasteiger partial charge in [0.25, 0.3) is 0 Å². The van der Waals surface area contributed by atoms with E-state index in [0.29, 0.717) is 35.3 Å². The lowest BCUT2D eigenvalue weighted by molar-refractivity contribution is 0.118. The Morgan fingerprint density at radius 1 is 1.11 bits per heavy atom. The molecule has 1 fully saturated rings. The van der Waals surface area contributed by atoms with Crippen LogP contribution in [0, 0.1) is 0 Å². The fraction of sp³-hybridized carbons (Fsp3) is 0.435. The second kappa shape index (κ2) is 9.98. The molecule has 2 amide bonds. The zero-order chi connectivity index (χ0) is 25.2. The van der Waals surface area contributed by atoms with E-state index < -0.39 is 15.6 Å². The molecule has 0 saturated carbocycles. The van der Waals surface area contributed by atoms with Gasteiger partial charge in [-0.1, -0.05) is 6.07 Å². The maximum absolute atomic E-state index is 13.2. The minimum atomic E-state index is -3.67. The van der Waals surface area contributed by atoms with Crippen LogP contribution < -0.4 is 9.47 Å². The van der Waals surface area contributed by atoms with Gasteiger partial charge in [-0.05, 0) is 37.6 Å². The van der Waals surface area contributed by atoms with Crippen LogP contribution >= 0.6 is 0 Å². The summed E-state index contributed by atoms with van der Waals surface area (Å²) in [5.41, 5.74) is 0.459. The van der Waals surface area contributed by atoms with E-state index in [4.69, 9.17) is 13.9 Å². The molecule has 12 heteroatoms. The predicted molar refractivity (Wildman–Crippen MR) is 128 cm³/mol. The topological polar surface area (TPSA) is 120 Å². The van der Waals surface area contributed by atoms with Gasteiger partial charge in [0.1, 0.15) is 22.9 Å². The molecule has 1 atom stereocenters. The van der Waals surface area contributed by atoms with E-state index in [-0.39, 0.29) is 30.2 Å². The summed E-state index contributed by atoms with van der Waals surface area (Å²) < 4.78 is 44.6. The van der Waals surface area contributed by atoms with E-state index in [0.717, 1.165) is 6.42 Å². The molecular weight excluding hydrogens is 474 g/mol. The lowest BCUT2D eigenvalue weighted by atomic mass is 10.1. The smallest absolute Gasteiger partial charge is 0.320 e. The van der Waals surface area contributed by atoms with Gasteiger partial charge in [0.15, 0.2) is 21.4 Å². The third-order valence-corrected chi connectivity index (χ3v) is 7.58. The maximum Gasteiger partial charge on any atom is 0.320 e. The van der Waals surface area contributed by atoms with E-state index in [2.05, 4.69) is 10.2 Å². The fourth-order valence-corrected chi connectivity index (χ4v) is 5.32. The van der Waals surface area contributed by atoms with Gasteiger partial charge in [-0.25, -0.2) is 13.2 Å². The standard InChI is InChI=1S/C23H29N5O6S/c1-16-10-11-26(2)23(29)27(16)12-14-35(30,31)15-20-24-25-22(19-9-6-13-34-19)28(20)21-17(32-3)7-5-8-18(21)33-4/h5-9,13,16H,10-12,14-15H2,1-4H3/t16-/m1/s1. The Morgan fingerprint density at radius 3 is 2.46 bits per heavy atom. The van der Waals surface area contributed by atoms with E-state index in [1.165, 1.54) is 20.5 Å². The molecule has 4 rings (SSSR count). The molecule has 0 bridgehead atoms. The monoisotopic (exact) mass is 503 g/mol. The molecule has 3 aromatic rings. The van der Waals surface area contributed by atoms with Crippen LogP contribution in [0.25, 0.3) is 17.3 Å². The molecule has 188 valence electrons. The summed E-state index contributed by atoms with van der Waals surface area (Å²) in [6.07, 6.45) is 2.29. The summed E-state index contributed by atoms with van der Waals surface area (Å²) in [7, 11) is 1.07. The van der Waals surface area contributed by atoms with E-state index in [1.807, 2.05) is 6.92 Å². The number of hydrogen-bond acceptors (Lipinski definition) is 8. The maximum atomic E-state index is 13.2. The highest BCUT2D eigenvalue weighted by Crippen LogP contribution is 2.36. The molecule has 0 unspecified atom stereocenters. The summed E-state index contributed by atoms with van der Waals surface area (Å²) in [5.74, 6) is 1.19. The first kappa shape index (κ1) is 24.6. The van der Waals surface area contributed by atoms with E-state index in [1.54, 1.807) is 51.7 Å². The van der Waals surface area contributed by atoms with Crippen LogP contribution in [-0.4, -0.2) is 85.2 Å². The molecule has 2 aromatic heterocycles. The van der Waals surface area contributed by atoms with Crippen LogP contribution in [0.2, 0.25) is 0 Å². The van der Waals surface area contributed by atoms with Crippen LogP contribution in [0.1, 0.15) is 19.2 Å². The number of amides is 2. The summed E-state index contributed by atoms with van der Waals surface area (Å²) in [6.45, 7) is 2.68. The number of rotatable bonds is 9. The van der Waals surface area contributed by atoms with Crippen molar-refractivity contribution in [1.82, 2.24) is 24.6 Å². The Labute approximate surface area is 204 Å². The molecule has 0 radical (unpaired) electrons. The molecule has 0 spiro atoms. The molecule has 3 heterocycles. The highest BCUT2D eigenvalue weighted by atomic mass is 32.2. The van der Waals surface area contributed by atoms with Gasteiger partial charge < -0.3 is 23.7 Å². The number of carbonyl (C=O) groups is 1. The number of furan rings is 1. The van der Waals surface area contributed by atoms with Crippen molar-refractivity contribution in [2.45, 2.75) is 25.1 Å². The molecule has 1 aliphatic heterocycles. The lowest BCUT2D eigenvalue weighted by Crippen LogP contribution is -2.53. The number of benzene rings is 1. The number of ether oxygens (including phenoxy) is 2. The first-order valence-electron chi connectivity index (χ1n) is 11.2. The molecular formula is C23H29N5O6S. The first-order chi connectivity index (χ1) is 16.8. The molecule has 1 aliphatic rings. The van der Waals surface area contributed by atoms with Crippen LogP contribution in [-0.2, 0) is 15.6 Å². The van der Waals surface area contributed by atoms with Crippen LogP contribution in [0.15, 0.2) is 41.0 Å². The quantitative estimate of drug-likeness (QED) is 0.437. The second-order valence-electron chi connectivity index (χ2n) is 8.39. The Kier molecular flexibility index (Phi) is 7.01. The van der Waals surface area contributed by atoms with Gasteiger partial charge in [-0.15, -0.1) is 10.2 Å². The van der Waals surface area contributed by atoms with Crippen LogP contribution in [0.4, 0.5) is 4.79 Å². The minimum absolute atomic E-state index is 0.0269. The highest BCUT2D eigenvalue weighted by Gasteiger charge is 2.31. The van der Waals surface area contributed by atoms with Crippen LogP contribution in [0.3, 0.4) is 0 Å². The summed E-state index contributed by atoms with van der Waals surface area (Å²) in [5, 5.41) is 8.42. The molecule has 11 nitrogen and oxygen atoms in total. The van der Waals surface area contributed by atoms with Crippen molar-refractivity contribution in [2.75, 3.05) is 40.1 Å². The van der Waals surface area contributed by atoms with Crippen molar-refractivity contribution in [1.29, 1.82) is 0 Å². The van der Waals surface area contributed by atoms with Gasteiger partial charge in [0.05, 0.1) is 26.2 Å². The fourth-order valence-electron chi connectivity index (χ4n) is 4.12. The second-order valence-corrected chi connectivity index (χ2v) is 10.6. The summed E-state index contributed by atoms with van der Waals surface area (Å²) in [6, 6.07) is 8.46. The molecule has 0 N–H and O–H groups in total. The van der Waals surface area contributed by atoms with Crippen molar-refractivity contribution < 1.29 is 27.1 Å². The Balaban J connectivity index is 1.69. The normalized spacial score (nSPS) is 16.6. The summed E-state index contributed by atoms with van der Waals surface area (Å²) >= 11 is 0. The zero-order valence-electron chi connectivity index (χ0n) is 20.2. The number of aromatic nitrogens is 3.